The molecule has 0 aliphatic heterocycles. The topological polar surface area (TPSA) is 78.0 Å². The van der Waals surface area contributed by atoms with Gasteiger partial charge in [-0.25, -0.2) is 0 Å². The zero-order chi connectivity index (χ0) is 18.5. The van der Waals surface area contributed by atoms with Gasteiger partial charge in [-0.05, 0) is 42.7 Å². The molecule has 0 fully saturated rings. The molecular weight excluding hydrogens is 326 g/mol. The van der Waals surface area contributed by atoms with Gasteiger partial charge in [0.25, 0.3) is 0 Å². The van der Waals surface area contributed by atoms with Gasteiger partial charge in [-0.2, -0.15) is 5.26 Å². The third-order valence-electron chi connectivity index (χ3n) is 4.31. The molecule has 3 aromatic rings. The molecule has 0 aliphatic rings. The van der Waals surface area contributed by atoms with E-state index in [9.17, 15) is 10.4 Å². The van der Waals surface area contributed by atoms with Crippen LogP contribution in [0.3, 0.4) is 0 Å². The van der Waals surface area contributed by atoms with Gasteiger partial charge in [0.15, 0.2) is 5.82 Å². The highest BCUT2D eigenvalue weighted by Crippen LogP contribution is 2.20. The quantitative estimate of drug-likeness (QED) is 0.742. The average Bonchev–Trinajstić information content (AvgIpc) is 3.09. The van der Waals surface area contributed by atoms with Gasteiger partial charge in [0.05, 0.1) is 12.3 Å². The summed E-state index contributed by atoms with van der Waals surface area (Å²) < 4.78 is 0. The van der Waals surface area contributed by atoms with Gasteiger partial charge in [0.1, 0.15) is 6.07 Å². The molecule has 0 atom stereocenters. The number of aliphatic hydroxyl groups excluding tert-OH is 1. The van der Waals surface area contributed by atoms with E-state index in [1.54, 1.807) is 0 Å². The predicted molar refractivity (Wildman–Crippen MR) is 100 cm³/mol. The van der Waals surface area contributed by atoms with E-state index in [1.165, 1.54) is 10.4 Å². The van der Waals surface area contributed by atoms with Crippen LogP contribution in [0.15, 0.2) is 48.5 Å². The zero-order valence-electron chi connectivity index (χ0n) is 14.9. The average molecular weight is 347 g/mol. The Bertz CT molecular complexity index is 927. The van der Waals surface area contributed by atoms with Crippen LogP contribution in [0.5, 0.6) is 0 Å². The number of aromatic nitrogens is 3. The zero-order valence-corrected chi connectivity index (χ0v) is 14.9. The maximum Gasteiger partial charge on any atom is 0.207 e. The van der Waals surface area contributed by atoms with E-state index in [0.717, 1.165) is 16.8 Å². The van der Waals surface area contributed by atoms with Crippen LogP contribution in [-0.4, -0.2) is 33.3 Å². The number of aliphatic hydroxyl groups is 1. The molecule has 132 valence electrons. The molecule has 0 spiro atoms. The Balaban J connectivity index is 1.98. The fraction of sp³-hybridized carbons (Fsp3) is 0.250. The van der Waals surface area contributed by atoms with Gasteiger partial charge in [-0.15, -0.1) is 15.0 Å². The molecular formula is C20H21N5O. The molecule has 0 amide bonds. The van der Waals surface area contributed by atoms with Gasteiger partial charge in [-0.3, -0.25) is 0 Å². The summed E-state index contributed by atoms with van der Waals surface area (Å²) in [6.07, 6.45) is 0. The van der Waals surface area contributed by atoms with E-state index >= 15 is 0 Å². The van der Waals surface area contributed by atoms with Crippen molar-refractivity contribution in [3.05, 3.63) is 70.9 Å². The van der Waals surface area contributed by atoms with E-state index in [-0.39, 0.29) is 12.3 Å². The smallest absolute Gasteiger partial charge is 0.207 e. The number of nitrogens with zero attached hydrogens (tertiary/aromatic N) is 5. The molecule has 6 nitrogen and oxygen atoms in total. The van der Waals surface area contributed by atoms with Crippen molar-refractivity contribution in [2.45, 2.75) is 20.4 Å². The molecule has 1 aromatic heterocycles. The summed E-state index contributed by atoms with van der Waals surface area (Å²) in [7, 11) is 0. The van der Waals surface area contributed by atoms with Gasteiger partial charge >= 0.3 is 0 Å². The monoisotopic (exact) mass is 347 g/mol. The van der Waals surface area contributed by atoms with Crippen LogP contribution >= 0.6 is 0 Å². The van der Waals surface area contributed by atoms with E-state index in [2.05, 4.69) is 16.3 Å². The largest absolute Gasteiger partial charge is 0.395 e. The Morgan fingerprint density at radius 3 is 2.50 bits per heavy atom. The Morgan fingerprint density at radius 2 is 1.85 bits per heavy atom. The summed E-state index contributed by atoms with van der Waals surface area (Å²) >= 11 is 0. The second kappa shape index (κ2) is 7.81. The Hall–Kier alpha value is -3.17. The van der Waals surface area contributed by atoms with Crippen molar-refractivity contribution in [2.24, 2.45) is 0 Å². The van der Waals surface area contributed by atoms with Gasteiger partial charge in [0.2, 0.25) is 5.69 Å². The maximum absolute atomic E-state index is 9.51. The van der Waals surface area contributed by atoms with Gasteiger partial charge < -0.3 is 10.0 Å². The molecule has 1 heterocycles. The first-order chi connectivity index (χ1) is 12.6. The number of aryl methyl sites for hydroxylation is 2. The lowest BCUT2D eigenvalue weighted by molar-refractivity contribution is 0.301. The molecule has 0 aliphatic carbocycles. The van der Waals surface area contributed by atoms with Crippen LogP contribution in [0.1, 0.15) is 22.4 Å². The van der Waals surface area contributed by atoms with Crippen LogP contribution < -0.4 is 4.90 Å². The summed E-state index contributed by atoms with van der Waals surface area (Å²) in [5.74, 6) is 0.476. The normalized spacial score (nSPS) is 10.5. The molecule has 0 unspecified atom stereocenters. The van der Waals surface area contributed by atoms with Gasteiger partial charge in [-0.1, -0.05) is 36.4 Å². The molecule has 3 rings (SSSR count). The SMILES string of the molecule is Cc1ccc(-n2nc(C#N)c(N(CCO)Cc3ccccc3)n2)cc1C. The van der Waals surface area contributed by atoms with Crippen LogP contribution in [0, 0.1) is 25.2 Å². The molecule has 0 radical (unpaired) electrons. The predicted octanol–water partition coefficient (Wildman–Crippen LogP) is 2.75. The van der Waals surface area contributed by atoms with Gasteiger partial charge in [0, 0.05) is 13.1 Å². The first-order valence-electron chi connectivity index (χ1n) is 8.47. The van der Waals surface area contributed by atoms with Crippen LogP contribution in [-0.2, 0) is 6.54 Å². The van der Waals surface area contributed by atoms with E-state index < -0.39 is 0 Å². The molecule has 0 saturated heterocycles. The summed E-state index contributed by atoms with van der Waals surface area (Å²) in [4.78, 5) is 3.36. The lowest BCUT2D eigenvalue weighted by atomic mass is 10.1. The summed E-state index contributed by atoms with van der Waals surface area (Å²) in [6.45, 7) is 4.96. The Kier molecular flexibility index (Phi) is 5.30. The minimum absolute atomic E-state index is 0.0335. The van der Waals surface area contributed by atoms with Crippen LogP contribution in [0.4, 0.5) is 5.82 Å². The first-order valence-corrected chi connectivity index (χ1v) is 8.47. The van der Waals surface area contributed by atoms with Crippen molar-refractivity contribution in [1.82, 2.24) is 15.0 Å². The number of anilines is 1. The van der Waals surface area contributed by atoms with Crippen molar-refractivity contribution in [1.29, 1.82) is 5.26 Å². The first kappa shape index (κ1) is 17.6. The second-order valence-electron chi connectivity index (χ2n) is 6.17. The minimum Gasteiger partial charge on any atom is -0.395 e. The highest BCUT2D eigenvalue weighted by atomic mass is 16.3. The Labute approximate surface area is 152 Å². The fourth-order valence-corrected chi connectivity index (χ4v) is 2.73. The summed E-state index contributed by atoms with van der Waals surface area (Å²) in [5, 5.41) is 27.8. The lowest BCUT2D eigenvalue weighted by Crippen LogP contribution is -2.27. The van der Waals surface area contributed by atoms with Crippen LogP contribution in [0.2, 0.25) is 0 Å². The number of hydrogen-bond acceptors (Lipinski definition) is 5. The van der Waals surface area contributed by atoms with Crippen molar-refractivity contribution in [2.75, 3.05) is 18.1 Å². The van der Waals surface area contributed by atoms with Crippen molar-refractivity contribution in [3.8, 4) is 11.8 Å². The second-order valence-corrected chi connectivity index (χ2v) is 6.17. The number of benzene rings is 2. The Morgan fingerprint density at radius 1 is 1.08 bits per heavy atom. The summed E-state index contributed by atoms with van der Waals surface area (Å²) in [5.41, 5.74) is 4.45. The third kappa shape index (κ3) is 3.73. The number of nitriles is 1. The fourth-order valence-electron chi connectivity index (χ4n) is 2.73. The standard InChI is InChI=1S/C20H21N5O/c1-15-8-9-18(12-16(15)2)25-22-19(13-21)20(23-25)24(10-11-26)14-17-6-4-3-5-7-17/h3-9,12,26H,10-11,14H2,1-2H3. The van der Waals surface area contributed by atoms with Crippen molar-refractivity contribution in [3.63, 3.8) is 0 Å². The van der Waals surface area contributed by atoms with E-state index in [1.807, 2.05) is 67.3 Å². The van der Waals surface area contributed by atoms with E-state index in [0.29, 0.717) is 18.9 Å². The van der Waals surface area contributed by atoms with Crippen molar-refractivity contribution >= 4 is 5.82 Å². The molecule has 2 aromatic carbocycles. The van der Waals surface area contributed by atoms with Crippen molar-refractivity contribution < 1.29 is 5.11 Å². The van der Waals surface area contributed by atoms with E-state index in [4.69, 9.17) is 0 Å². The molecule has 26 heavy (non-hydrogen) atoms. The third-order valence-corrected chi connectivity index (χ3v) is 4.31. The maximum atomic E-state index is 9.51. The highest BCUT2D eigenvalue weighted by Gasteiger charge is 2.19. The minimum atomic E-state index is -0.0335. The number of rotatable bonds is 6. The highest BCUT2D eigenvalue weighted by molar-refractivity contribution is 5.51. The van der Waals surface area contributed by atoms with Crippen LogP contribution in [0.25, 0.3) is 5.69 Å². The number of hydrogen-bond donors (Lipinski definition) is 1. The lowest BCUT2D eigenvalue weighted by Gasteiger charge is -2.21. The molecule has 0 bridgehead atoms. The molecule has 0 saturated carbocycles. The molecule has 1 N–H and O–H groups in total. The molecule has 6 heteroatoms. The summed E-state index contributed by atoms with van der Waals surface area (Å²) in [6, 6.07) is 17.9.